The summed E-state index contributed by atoms with van der Waals surface area (Å²) in [6.45, 7) is 12.1. The second kappa shape index (κ2) is 12.2. The second-order valence-electron chi connectivity index (χ2n) is 7.92. The van der Waals surface area contributed by atoms with Gasteiger partial charge in [-0.3, -0.25) is 4.90 Å². The second-order valence-corrected chi connectivity index (χ2v) is 10.1. The number of piperazine rings is 1. The van der Waals surface area contributed by atoms with Gasteiger partial charge in [0.25, 0.3) is 0 Å². The fourth-order valence-corrected chi connectivity index (χ4v) is 5.63. The number of benzene rings is 1. The third-order valence-electron chi connectivity index (χ3n) is 5.75. The molecule has 1 atom stereocenters. The molecule has 1 aromatic rings. The van der Waals surface area contributed by atoms with Crippen molar-refractivity contribution < 1.29 is 8.42 Å². The predicted molar refractivity (Wildman–Crippen MR) is 134 cm³/mol. The average Bonchev–Trinajstić information content (AvgIpc) is 3.06. The van der Waals surface area contributed by atoms with E-state index in [0.29, 0.717) is 18.9 Å². The standard InChI is InChI=1S/C21H35N5O2S.HI/c1-3-22-21(24-20-9-14-29(27,28)17-20)23-15-18-7-5-6-8-19(18)16-26-12-10-25(4-2)11-13-26;/h5-8,20H,3-4,9-17H2,1-2H3,(H2,22,23,24);1H. The van der Waals surface area contributed by atoms with Gasteiger partial charge >= 0.3 is 0 Å². The van der Waals surface area contributed by atoms with Crippen molar-refractivity contribution in [1.82, 2.24) is 20.4 Å². The Morgan fingerprint density at radius 1 is 1.10 bits per heavy atom. The van der Waals surface area contributed by atoms with Crippen LogP contribution in [0, 0.1) is 0 Å². The van der Waals surface area contributed by atoms with Gasteiger partial charge < -0.3 is 15.5 Å². The molecule has 0 amide bonds. The van der Waals surface area contributed by atoms with Crippen LogP contribution in [0.15, 0.2) is 29.3 Å². The van der Waals surface area contributed by atoms with Crippen molar-refractivity contribution in [2.75, 3.05) is 50.8 Å². The Morgan fingerprint density at radius 2 is 1.77 bits per heavy atom. The first-order valence-electron chi connectivity index (χ1n) is 10.8. The van der Waals surface area contributed by atoms with Crippen LogP contribution < -0.4 is 10.6 Å². The molecule has 1 aromatic carbocycles. The zero-order valence-corrected chi connectivity index (χ0v) is 21.3. The highest BCUT2D eigenvalue weighted by molar-refractivity contribution is 14.0. The SMILES string of the molecule is CCNC(=NCc1ccccc1CN1CCN(CC)CC1)NC1CCS(=O)(=O)C1.I. The molecule has 7 nitrogen and oxygen atoms in total. The van der Waals surface area contributed by atoms with Crippen molar-refractivity contribution in [3.05, 3.63) is 35.4 Å². The number of guanidine groups is 1. The lowest BCUT2D eigenvalue weighted by atomic mass is 10.1. The summed E-state index contributed by atoms with van der Waals surface area (Å²) >= 11 is 0. The van der Waals surface area contributed by atoms with Gasteiger partial charge in [0.15, 0.2) is 15.8 Å². The Bertz CT molecular complexity index is 794. The van der Waals surface area contributed by atoms with Gasteiger partial charge in [-0.25, -0.2) is 13.4 Å². The highest BCUT2D eigenvalue weighted by Crippen LogP contribution is 2.15. The van der Waals surface area contributed by atoms with Gasteiger partial charge in [0, 0.05) is 45.3 Å². The smallest absolute Gasteiger partial charge is 0.191 e. The lowest BCUT2D eigenvalue weighted by molar-refractivity contribution is 0.131. The molecule has 0 bridgehead atoms. The highest BCUT2D eigenvalue weighted by Gasteiger charge is 2.28. The first-order chi connectivity index (χ1) is 14.0. The van der Waals surface area contributed by atoms with Crippen molar-refractivity contribution in [3.63, 3.8) is 0 Å². The van der Waals surface area contributed by atoms with E-state index in [2.05, 4.69) is 51.6 Å². The summed E-state index contributed by atoms with van der Waals surface area (Å²) in [7, 11) is -2.91. The number of hydrogen-bond acceptors (Lipinski definition) is 5. The first kappa shape index (κ1) is 25.4. The summed E-state index contributed by atoms with van der Waals surface area (Å²) in [6.07, 6.45) is 0.646. The third kappa shape index (κ3) is 7.65. The minimum Gasteiger partial charge on any atom is -0.357 e. The maximum absolute atomic E-state index is 11.7. The van der Waals surface area contributed by atoms with Crippen LogP contribution in [0.1, 0.15) is 31.4 Å². The largest absolute Gasteiger partial charge is 0.357 e. The number of likely N-dealkylation sites (N-methyl/N-ethyl adjacent to an activating group) is 1. The number of nitrogens with zero attached hydrogens (tertiary/aromatic N) is 3. The van der Waals surface area contributed by atoms with E-state index >= 15 is 0 Å². The van der Waals surface area contributed by atoms with Gasteiger partial charge in [-0.1, -0.05) is 31.2 Å². The Morgan fingerprint density at radius 3 is 2.37 bits per heavy atom. The van der Waals surface area contributed by atoms with Gasteiger partial charge in [-0.2, -0.15) is 0 Å². The molecule has 2 aliphatic heterocycles. The Kier molecular flexibility index (Phi) is 10.3. The molecule has 170 valence electrons. The number of halogens is 1. The fraction of sp³-hybridized carbons (Fsp3) is 0.667. The van der Waals surface area contributed by atoms with Crippen LogP contribution in [0.5, 0.6) is 0 Å². The Balaban J connectivity index is 0.00000320. The van der Waals surface area contributed by atoms with Crippen LogP contribution in [-0.2, 0) is 22.9 Å². The number of nitrogens with one attached hydrogen (secondary N) is 2. The molecular weight excluding hydrogens is 513 g/mol. The predicted octanol–water partition coefficient (Wildman–Crippen LogP) is 1.68. The summed E-state index contributed by atoms with van der Waals surface area (Å²) in [4.78, 5) is 9.75. The van der Waals surface area contributed by atoms with Crippen molar-refractivity contribution in [2.24, 2.45) is 4.99 Å². The van der Waals surface area contributed by atoms with Crippen LogP contribution in [0.25, 0.3) is 0 Å². The minimum atomic E-state index is -2.91. The molecule has 1 unspecified atom stereocenters. The van der Waals surface area contributed by atoms with Gasteiger partial charge in [0.2, 0.25) is 0 Å². The van der Waals surface area contributed by atoms with Crippen LogP contribution >= 0.6 is 24.0 Å². The molecule has 30 heavy (non-hydrogen) atoms. The zero-order chi connectivity index (χ0) is 20.7. The molecule has 0 radical (unpaired) electrons. The summed E-state index contributed by atoms with van der Waals surface area (Å²) in [5.74, 6) is 1.15. The van der Waals surface area contributed by atoms with E-state index in [4.69, 9.17) is 4.99 Å². The molecule has 2 saturated heterocycles. The lowest BCUT2D eigenvalue weighted by Crippen LogP contribution is -2.45. The van der Waals surface area contributed by atoms with E-state index in [9.17, 15) is 8.42 Å². The quantitative estimate of drug-likeness (QED) is 0.307. The Hall–Kier alpha value is -0.910. The summed E-state index contributed by atoms with van der Waals surface area (Å²) in [5, 5.41) is 6.55. The number of rotatable bonds is 7. The topological polar surface area (TPSA) is 77.0 Å². The van der Waals surface area contributed by atoms with E-state index < -0.39 is 9.84 Å². The van der Waals surface area contributed by atoms with Gasteiger partial charge in [0.1, 0.15) is 0 Å². The van der Waals surface area contributed by atoms with Crippen molar-refractivity contribution in [2.45, 2.75) is 39.4 Å². The molecule has 3 rings (SSSR count). The average molecular weight is 550 g/mol. The van der Waals surface area contributed by atoms with E-state index in [1.54, 1.807) is 0 Å². The number of sulfone groups is 1. The highest BCUT2D eigenvalue weighted by atomic mass is 127. The first-order valence-corrected chi connectivity index (χ1v) is 12.6. The van der Waals surface area contributed by atoms with Gasteiger partial charge in [-0.15, -0.1) is 24.0 Å². The molecule has 0 saturated carbocycles. The van der Waals surface area contributed by atoms with E-state index in [1.165, 1.54) is 11.1 Å². The molecule has 0 aromatic heterocycles. The molecule has 2 heterocycles. The fourth-order valence-electron chi connectivity index (χ4n) is 3.96. The summed E-state index contributed by atoms with van der Waals surface area (Å²) < 4.78 is 23.5. The van der Waals surface area contributed by atoms with Crippen molar-refractivity contribution in [3.8, 4) is 0 Å². The third-order valence-corrected chi connectivity index (χ3v) is 7.52. The van der Waals surface area contributed by atoms with E-state index in [1.807, 2.05) is 6.92 Å². The van der Waals surface area contributed by atoms with Gasteiger partial charge in [-0.05, 0) is 31.0 Å². The molecule has 0 aliphatic carbocycles. The number of hydrogen-bond donors (Lipinski definition) is 2. The molecular formula is C21H36IN5O2S. The van der Waals surface area contributed by atoms with E-state index in [0.717, 1.165) is 45.8 Å². The number of aliphatic imine (C=N–C) groups is 1. The van der Waals surface area contributed by atoms with Crippen LogP contribution in [-0.4, -0.2) is 81.0 Å². The van der Waals surface area contributed by atoms with Crippen LogP contribution in [0.2, 0.25) is 0 Å². The van der Waals surface area contributed by atoms with Crippen LogP contribution in [0.4, 0.5) is 0 Å². The maximum atomic E-state index is 11.7. The molecule has 2 N–H and O–H groups in total. The van der Waals surface area contributed by atoms with Gasteiger partial charge in [0.05, 0.1) is 18.1 Å². The van der Waals surface area contributed by atoms with Crippen LogP contribution in [0.3, 0.4) is 0 Å². The monoisotopic (exact) mass is 549 g/mol. The minimum absolute atomic E-state index is 0. The summed E-state index contributed by atoms with van der Waals surface area (Å²) in [5.41, 5.74) is 2.54. The van der Waals surface area contributed by atoms with Crippen molar-refractivity contribution in [1.29, 1.82) is 0 Å². The zero-order valence-electron chi connectivity index (χ0n) is 18.1. The molecule has 9 heteroatoms. The lowest BCUT2D eigenvalue weighted by Gasteiger charge is -2.34. The molecule has 2 fully saturated rings. The summed E-state index contributed by atoms with van der Waals surface area (Å²) in [6, 6.07) is 8.44. The van der Waals surface area contributed by atoms with Crippen molar-refractivity contribution >= 4 is 39.8 Å². The Labute approximate surface area is 198 Å². The maximum Gasteiger partial charge on any atom is 0.191 e. The molecule has 0 spiro atoms. The normalized spacial score (nSPS) is 22.5. The molecule has 2 aliphatic rings. The van der Waals surface area contributed by atoms with E-state index in [-0.39, 0.29) is 41.5 Å².